The normalized spacial score (nSPS) is 23.0. The molecule has 0 radical (unpaired) electrons. The highest BCUT2D eigenvalue weighted by atomic mass is 35.5. The zero-order chi connectivity index (χ0) is 21.0. The Labute approximate surface area is 187 Å². The van der Waals surface area contributed by atoms with Crippen molar-refractivity contribution in [3.05, 3.63) is 81.9 Å². The third kappa shape index (κ3) is 3.07. The van der Waals surface area contributed by atoms with Crippen molar-refractivity contribution in [1.82, 2.24) is 14.5 Å². The number of benzene rings is 1. The van der Waals surface area contributed by atoms with Gasteiger partial charge in [-0.3, -0.25) is 9.98 Å². The third-order valence-corrected chi connectivity index (χ3v) is 7.62. The van der Waals surface area contributed by atoms with Crippen molar-refractivity contribution in [2.75, 3.05) is 6.54 Å². The number of fused-ring (bicyclic) bond motifs is 1. The minimum absolute atomic E-state index is 0.0130. The molecule has 30 heavy (non-hydrogen) atoms. The Bertz CT molecular complexity index is 1120. The van der Waals surface area contributed by atoms with E-state index in [4.69, 9.17) is 16.6 Å². The van der Waals surface area contributed by atoms with Crippen LogP contribution in [0.3, 0.4) is 0 Å². The fourth-order valence-electron chi connectivity index (χ4n) is 4.85. The highest BCUT2D eigenvalue weighted by Gasteiger charge is 2.45. The maximum absolute atomic E-state index is 6.14. The third-order valence-electron chi connectivity index (χ3n) is 6.27. The molecule has 2 aliphatic rings. The molecular weight excluding hydrogens is 412 g/mol. The molecule has 4 heterocycles. The van der Waals surface area contributed by atoms with Crippen LogP contribution in [0.15, 0.2) is 53.7 Å². The lowest BCUT2D eigenvalue weighted by Gasteiger charge is -2.28. The molecular formula is C24H25ClN4S. The molecule has 6 heteroatoms. The molecule has 2 aliphatic heterocycles. The van der Waals surface area contributed by atoms with E-state index in [1.807, 2.05) is 36.2 Å². The van der Waals surface area contributed by atoms with Gasteiger partial charge in [0.05, 0.1) is 11.7 Å². The Morgan fingerprint density at radius 1 is 1.03 bits per heavy atom. The number of pyridine rings is 1. The average molecular weight is 437 g/mol. The molecule has 0 bridgehead atoms. The first kappa shape index (κ1) is 19.7. The van der Waals surface area contributed by atoms with E-state index in [0.29, 0.717) is 5.25 Å². The molecule has 1 fully saturated rings. The number of rotatable bonds is 3. The van der Waals surface area contributed by atoms with E-state index in [1.54, 1.807) is 0 Å². The number of amidine groups is 1. The van der Waals surface area contributed by atoms with Crippen molar-refractivity contribution < 1.29 is 0 Å². The minimum Gasteiger partial charge on any atom is -0.341 e. The molecule has 0 amide bonds. The highest BCUT2D eigenvalue weighted by Crippen LogP contribution is 2.50. The fraction of sp³-hybridized carbons (Fsp3) is 0.333. The van der Waals surface area contributed by atoms with Crippen molar-refractivity contribution in [1.29, 1.82) is 0 Å². The highest BCUT2D eigenvalue weighted by molar-refractivity contribution is 8.14. The number of aromatic nitrogens is 2. The van der Waals surface area contributed by atoms with E-state index < -0.39 is 0 Å². The molecule has 3 atom stereocenters. The number of hydrogen-bond acceptors (Lipinski definition) is 4. The van der Waals surface area contributed by atoms with Gasteiger partial charge in [-0.25, -0.2) is 0 Å². The van der Waals surface area contributed by atoms with Gasteiger partial charge < -0.3 is 9.47 Å². The number of thioether (sulfide) groups is 1. The Morgan fingerprint density at radius 2 is 1.80 bits per heavy atom. The van der Waals surface area contributed by atoms with Crippen LogP contribution >= 0.6 is 23.4 Å². The predicted octanol–water partition coefficient (Wildman–Crippen LogP) is 6.04. The smallest absolute Gasteiger partial charge is 0.160 e. The van der Waals surface area contributed by atoms with Crippen LogP contribution in [0.4, 0.5) is 0 Å². The van der Waals surface area contributed by atoms with E-state index >= 15 is 0 Å². The zero-order valence-electron chi connectivity index (χ0n) is 17.6. The van der Waals surface area contributed by atoms with Gasteiger partial charge in [0.15, 0.2) is 5.17 Å². The summed E-state index contributed by atoms with van der Waals surface area (Å²) in [5.74, 6) is 0. The van der Waals surface area contributed by atoms with Crippen LogP contribution in [0.5, 0.6) is 0 Å². The SMILES string of the molecule is Cc1c([C@@H]2[C@H](c3ccccn3)N=C3S[C@@H](C)CN32)c(C)n(-c2ccc(Cl)cc2)c1C. The Kier molecular flexibility index (Phi) is 4.91. The summed E-state index contributed by atoms with van der Waals surface area (Å²) in [4.78, 5) is 12.3. The molecule has 0 unspecified atom stereocenters. The van der Waals surface area contributed by atoms with Crippen molar-refractivity contribution in [3.63, 3.8) is 0 Å². The number of hydrogen-bond donors (Lipinski definition) is 0. The van der Waals surface area contributed by atoms with Gasteiger partial charge in [0.1, 0.15) is 6.04 Å². The first-order chi connectivity index (χ1) is 14.5. The summed E-state index contributed by atoms with van der Waals surface area (Å²) in [5.41, 5.74) is 7.40. The van der Waals surface area contributed by atoms with Crippen molar-refractivity contribution >= 4 is 28.5 Å². The standard InChI is InChI=1S/C24H25ClN4S/c1-14-13-28-23(22(27-24(28)30-14)20-7-5-6-12-26-20)21-15(2)16(3)29(17(21)4)19-10-8-18(25)9-11-19/h5-12,14,22-23H,13H2,1-4H3/t14-,22-,23+/m0/s1. The van der Waals surface area contributed by atoms with Crippen molar-refractivity contribution in [2.45, 2.75) is 45.0 Å². The lowest BCUT2D eigenvalue weighted by molar-refractivity contribution is 0.319. The maximum atomic E-state index is 6.14. The molecule has 5 rings (SSSR count). The van der Waals surface area contributed by atoms with Gasteiger partial charge in [0.2, 0.25) is 0 Å². The second-order valence-corrected chi connectivity index (χ2v) is 10.0. The molecule has 154 valence electrons. The second kappa shape index (κ2) is 7.47. The molecule has 0 saturated carbocycles. The molecule has 0 N–H and O–H groups in total. The largest absolute Gasteiger partial charge is 0.341 e. The van der Waals surface area contributed by atoms with Crippen LogP contribution in [0, 0.1) is 20.8 Å². The molecule has 3 aromatic rings. The maximum Gasteiger partial charge on any atom is 0.160 e. The van der Waals surface area contributed by atoms with Gasteiger partial charge in [-0.2, -0.15) is 0 Å². The minimum atomic E-state index is 0.0130. The zero-order valence-corrected chi connectivity index (χ0v) is 19.2. The molecule has 2 aromatic heterocycles. The van der Waals surface area contributed by atoms with Gasteiger partial charge in [-0.1, -0.05) is 36.4 Å². The van der Waals surface area contributed by atoms with Crippen molar-refractivity contribution in [3.8, 4) is 5.69 Å². The van der Waals surface area contributed by atoms with E-state index in [-0.39, 0.29) is 12.1 Å². The summed E-state index contributed by atoms with van der Waals surface area (Å²) < 4.78 is 2.35. The van der Waals surface area contributed by atoms with Gasteiger partial charge >= 0.3 is 0 Å². The second-order valence-electron chi connectivity index (χ2n) is 8.16. The Balaban J connectivity index is 1.66. The average Bonchev–Trinajstić information content (AvgIpc) is 3.33. The Morgan fingerprint density at radius 3 is 2.50 bits per heavy atom. The first-order valence-electron chi connectivity index (χ1n) is 10.3. The van der Waals surface area contributed by atoms with Gasteiger partial charge in [0, 0.05) is 45.7 Å². The lowest BCUT2D eigenvalue weighted by Crippen LogP contribution is -2.29. The van der Waals surface area contributed by atoms with E-state index in [2.05, 4.69) is 66.4 Å². The summed E-state index contributed by atoms with van der Waals surface area (Å²) in [6.45, 7) is 9.96. The molecule has 1 saturated heterocycles. The quantitative estimate of drug-likeness (QED) is 0.501. The monoisotopic (exact) mass is 436 g/mol. The van der Waals surface area contributed by atoms with Crippen LogP contribution in [-0.4, -0.2) is 31.4 Å². The summed E-state index contributed by atoms with van der Waals surface area (Å²) in [5, 5.41) is 2.46. The van der Waals surface area contributed by atoms with E-state index in [0.717, 1.165) is 28.1 Å². The topological polar surface area (TPSA) is 33.4 Å². The Hall–Kier alpha value is -2.24. The first-order valence-corrected chi connectivity index (χ1v) is 11.6. The summed E-state index contributed by atoms with van der Waals surface area (Å²) >= 11 is 8.02. The van der Waals surface area contributed by atoms with Gasteiger partial charge in [0.25, 0.3) is 0 Å². The van der Waals surface area contributed by atoms with Crippen LogP contribution in [0.1, 0.15) is 47.2 Å². The van der Waals surface area contributed by atoms with Gasteiger partial charge in [-0.15, -0.1) is 0 Å². The summed E-state index contributed by atoms with van der Waals surface area (Å²) in [7, 11) is 0. The lowest BCUT2D eigenvalue weighted by atomic mass is 9.93. The number of aliphatic imine (C=N–C) groups is 1. The molecule has 0 aliphatic carbocycles. The van der Waals surface area contributed by atoms with Crippen LogP contribution < -0.4 is 0 Å². The fourth-order valence-corrected chi connectivity index (χ4v) is 6.07. The molecule has 1 aromatic carbocycles. The predicted molar refractivity (Wildman–Crippen MR) is 126 cm³/mol. The van der Waals surface area contributed by atoms with Crippen LogP contribution in [0.2, 0.25) is 5.02 Å². The van der Waals surface area contributed by atoms with Gasteiger partial charge in [-0.05, 0) is 62.7 Å². The summed E-state index contributed by atoms with van der Waals surface area (Å²) in [6.07, 6.45) is 1.87. The number of nitrogens with zero attached hydrogens (tertiary/aromatic N) is 4. The van der Waals surface area contributed by atoms with Crippen LogP contribution in [0.25, 0.3) is 5.69 Å². The van der Waals surface area contributed by atoms with E-state index in [9.17, 15) is 0 Å². The number of halogens is 1. The molecule has 0 spiro atoms. The van der Waals surface area contributed by atoms with Crippen molar-refractivity contribution in [2.24, 2.45) is 4.99 Å². The molecule has 4 nitrogen and oxygen atoms in total. The summed E-state index contributed by atoms with van der Waals surface area (Å²) in [6, 6.07) is 14.4. The van der Waals surface area contributed by atoms with Crippen LogP contribution in [-0.2, 0) is 0 Å². The van der Waals surface area contributed by atoms with E-state index in [1.165, 1.54) is 22.5 Å².